The number of nitrogens with zero attached hydrogens (tertiary/aromatic N) is 2. The number of hydrogen-bond donors (Lipinski definition) is 0. The summed E-state index contributed by atoms with van der Waals surface area (Å²) in [5, 5.41) is 8.65. The first-order valence-electron chi connectivity index (χ1n) is 23.6. The molecule has 334 valence electrons. The van der Waals surface area contributed by atoms with Crippen molar-refractivity contribution in [2.45, 2.75) is 39.5 Å². The van der Waals surface area contributed by atoms with E-state index in [1.54, 1.807) is 0 Å². The van der Waals surface area contributed by atoms with Gasteiger partial charge in [0, 0.05) is 62.5 Å². The SMILES string of the molecule is CC(C)c1ccc(N(c2ccc3c(c2)OCCO3)c2ccc3cc4c(cc3c2)oc2cc3oc5cc6cc(N(c7ccc(C(C)C)cc7)c7ccc8c(c7)OCCO8)ccc6cc5c3cc24)cc1. The maximum atomic E-state index is 6.66. The maximum Gasteiger partial charge on any atom is 0.163 e. The molecular formula is C60H48N2O6. The Hall–Kier alpha value is -8.10. The van der Waals surface area contributed by atoms with Crippen molar-refractivity contribution in [3.63, 3.8) is 0 Å². The first-order chi connectivity index (χ1) is 33.3. The minimum Gasteiger partial charge on any atom is -0.486 e. The van der Waals surface area contributed by atoms with Gasteiger partial charge in [-0.2, -0.15) is 0 Å². The Bertz CT molecular complexity index is 3530. The van der Waals surface area contributed by atoms with Gasteiger partial charge in [-0.15, -0.1) is 0 Å². The third-order valence-corrected chi connectivity index (χ3v) is 13.7. The van der Waals surface area contributed by atoms with Crippen molar-refractivity contribution in [1.82, 2.24) is 0 Å². The molecular weight excluding hydrogens is 845 g/mol. The molecule has 4 heterocycles. The summed E-state index contributed by atoms with van der Waals surface area (Å²) in [4.78, 5) is 4.55. The summed E-state index contributed by atoms with van der Waals surface area (Å²) in [5.41, 5.74) is 12.0. The fourth-order valence-corrected chi connectivity index (χ4v) is 10.0. The molecule has 0 aliphatic carbocycles. The molecule has 2 aliphatic rings. The molecule has 0 unspecified atom stereocenters. The summed E-state index contributed by atoms with van der Waals surface area (Å²) < 4.78 is 37.2. The van der Waals surface area contributed by atoms with E-state index in [0.29, 0.717) is 38.3 Å². The molecule has 11 aromatic rings. The average Bonchev–Trinajstić information content (AvgIpc) is 3.89. The van der Waals surface area contributed by atoms with Crippen LogP contribution in [0.2, 0.25) is 0 Å². The summed E-state index contributed by atoms with van der Waals surface area (Å²) in [5.74, 6) is 3.91. The highest BCUT2D eigenvalue weighted by Gasteiger charge is 2.22. The molecule has 8 heteroatoms. The third-order valence-electron chi connectivity index (χ3n) is 13.7. The van der Waals surface area contributed by atoms with Gasteiger partial charge in [0.05, 0.1) is 11.4 Å². The van der Waals surface area contributed by atoms with E-state index in [2.05, 4.69) is 177 Å². The van der Waals surface area contributed by atoms with Crippen LogP contribution in [-0.2, 0) is 0 Å². The van der Waals surface area contributed by atoms with E-state index < -0.39 is 0 Å². The summed E-state index contributed by atoms with van der Waals surface area (Å²) in [6.07, 6.45) is 0. The van der Waals surface area contributed by atoms with Gasteiger partial charge < -0.3 is 37.6 Å². The molecule has 0 fully saturated rings. The topological polar surface area (TPSA) is 69.7 Å². The van der Waals surface area contributed by atoms with Crippen LogP contribution in [0.3, 0.4) is 0 Å². The Morgan fingerprint density at radius 2 is 0.662 bits per heavy atom. The van der Waals surface area contributed by atoms with Crippen LogP contribution in [-0.4, -0.2) is 26.4 Å². The number of furan rings is 2. The zero-order valence-corrected chi connectivity index (χ0v) is 38.3. The van der Waals surface area contributed by atoms with Gasteiger partial charge >= 0.3 is 0 Å². The fourth-order valence-electron chi connectivity index (χ4n) is 10.0. The van der Waals surface area contributed by atoms with E-state index in [-0.39, 0.29) is 0 Å². The van der Waals surface area contributed by atoms with E-state index in [4.69, 9.17) is 27.8 Å². The smallest absolute Gasteiger partial charge is 0.163 e. The predicted molar refractivity (Wildman–Crippen MR) is 276 cm³/mol. The number of rotatable bonds is 8. The number of fused-ring (bicyclic) bond motifs is 10. The van der Waals surface area contributed by atoms with Gasteiger partial charge in [0.25, 0.3) is 0 Å². The molecule has 0 spiro atoms. The van der Waals surface area contributed by atoms with Crippen LogP contribution in [0.25, 0.3) is 65.4 Å². The summed E-state index contributed by atoms with van der Waals surface area (Å²) in [6.45, 7) is 11.0. The van der Waals surface area contributed by atoms with E-state index in [1.807, 2.05) is 18.2 Å². The van der Waals surface area contributed by atoms with Crippen molar-refractivity contribution in [2.75, 3.05) is 36.2 Å². The van der Waals surface area contributed by atoms with Crippen LogP contribution >= 0.6 is 0 Å². The molecule has 0 saturated heterocycles. The van der Waals surface area contributed by atoms with Crippen molar-refractivity contribution in [2.24, 2.45) is 0 Å². The molecule has 2 aromatic heterocycles. The Morgan fingerprint density at radius 3 is 1.09 bits per heavy atom. The highest BCUT2D eigenvalue weighted by molar-refractivity contribution is 6.18. The minimum absolute atomic E-state index is 0.435. The number of benzene rings is 9. The van der Waals surface area contributed by atoms with Gasteiger partial charge in [0.2, 0.25) is 0 Å². The Balaban J connectivity index is 0.881. The van der Waals surface area contributed by atoms with Crippen LogP contribution in [0.5, 0.6) is 23.0 Å². The second-order valence-corrected chi connectivity index (χ2v) is 18.6. The average molecular weight is 893 g/mol. The Labute approximate surface area is 393 Å². The normalized spacial score (nSPS) is 13.5. The predicted octanol–water partition coefficient (Wildman–Crippen LogP) is 16.5. The van der Waals surface area contributed by atoms with E-state index in [1.165, 1.54) is 11.1 Å². The maximum absolute atomic E-state index is 6.66. The van der Waals surface area contributed by atoms with Gasteiger partial charge in [0.1, 0.15) is 48.8 Å². The van der Waals surface area contributed by atoms with E-state index in [0.717, 1.165) is 123 Å². The quantitative estimate of drug-likeness (QED) is 0.149. The van der Waals surface area contributed by atoms with Crippen molar-refractivity contribution in [3.8, 4) is 23.0 Å². The molecule has 0 N–H and O–H groups in total. The molecule has 9 aromatic carbocycles. The lowest BCUT2D eigenvalue weighted by atomic mass is 10.0. The molecule has 2 aliphatic heterocycles. The van der Waals surface area contributed by atoms with Crippen LogP contribution in [0, 0.1) is 0 Å². The van der Waals surface area contributed by atoms with Gasteiger partial charge in [-0.25, -0.2) is 0 Å². The van der Waals surface area contributed by atoms with Crippen LogP contribution in [0.4, 0.5) is 34.1 Å². The van der Waals surface area contributed by atoms with Crippen LogP contribution < -0.4 is 28.7 Å². The van der Waals surface area contributed by atoms with Gasteiger partial charge in [0.15, 0.2) is 23.0 Å². The van der Waals surface area contributed by atoms with Gasteiger partial charge in [-0.3, -0.25) is 0 Å². The van der Waals surface area contributed by atoms with E-state index >= 15 is 0 Å². The zero-order valence-electron chi connectivity index (χ0n) is 38.3. The van der Waals surface area contributed by atoms with Gasteiger partial charge in [-0.05, 0) is 148 Å². The first-order valence-corrected chi connectivity index (χ1v) is 23.6. The lowest BCUT2D eigenvalue weighted by Gasteiger charge is -2.28. The lowest BCUT2D eigenvalue weighted by molar-refractivity contribution is 0.171. The lowest BCUT2D eigenvalue weighted by Crippen LogP contribution is -2.16. The van der Waals surface area contributed by atoms with Crippen molar-refractivity contribution in [3.05, 3.63) is 169 Å². The van der Waals surface area contributed by atoms with Gasteiger partial charge in [-0.1, -0.05) is 64.1 Å². The Morgan fingerprint density at radius 1 is 0.309 bits per heavy atom. The molecule has 13 rings (SSSR count). The van der Waals surface area contributed by atoms with Crippen LogP contribution in [0.1, 0.15) is 50.7 Å². The molecule has 0 amide bonds. The number of anilines is 6. The summed E-state index contributed by atoms with van der Waals surface area (Å²) >= 11 is 0. The standard InChI is InChI=1S/C60H48N2O6/c1-35(2)37-5-11-43(12-6-37)61(47-17-19-53-59(31-47)65-23-21-63-53)45-15-9-39-27-49-51-33-52-50-28-40-10-16-46(26-42(40)30-56(50)68-58(52)34-57(51)67-55(49)29-41(39)25-45)62(44-13-7-38(8-14-44)36(3)4)48-18-20-54-60(32-48)66-24-22-64-54/h5-20,25-36H,21-24H2,1-4H3. The largest absolute Gasteiger partial charge is 0.486 e. The Kier molecular flexibility index (Phi) is 9.32. The van der Waals surface area contributed by atoms with Crippen molar-refractivity contribution < 1.29 is 27.8 Å². The van der Waals surface area contributed by atoms with Crippen molar-refractivity contribution in [1.29, 1.82) is 0 Å². The summed E-state index contributed by atoms with van der Waals surface area (Å²) in [6, 6.07) is 56.4. The van der Waals surface area contributed by atoms with E-state index in [9.17, 15) is 0 Å². The highest BCUT2D eigenvalue weighted by atomic mass is 16.6. The monoisotopic (exact) mass is 892 g/mol. The number of hydrogen-bond acceptors (Lipinski definition) is 8. The molecule has 0 atom stereocenters. The second kappa shape index (κ2) is 15.8. The molecule has 8 nitrogen and oxygen atoms in total. The number of ether oxygens (including phenoxy) is 4. The summed E-state index contributed by atoms with van der Waals surface area (Å²) in [7, 11) is 0. The minimum atomic E-state index is 0.435. The zero-order chi connectivity index (χ0) is 45.6. The second-order valence-electron chi connectivity index (χ2n) is 18.6. The third kappa shape index (κ3) is 6.81. The molecule has 0 saturated carbocycles. The first kappa shape index (κ1) is 40.2. The fraction of sp³-hybridized carbons (Fsp3) is 0.167. The highest BCUT2D eigenvalue weighted by Crippen LogP contribution is 2.45. The van der Waals surface area contributed by atoms with Crippen LogP contribution in [0.15, 0.2) is 167 Å². The molecule has 68 heavy (non-hydrogen) atoms. The molecule has 0 radical (unpaired) electrons. The van der Waals surface area contributed by atoms with Crippen molar-refractivity contribution >= 4 is 99.5 Å². The molecule has 0 bridgehead atoms.